The third kappa shape index (κ3) is 7.12. The van der Waals surface area contributed by atoms with Crippen LogP contribution in [0.4, 0.5) is 35.0 Å². The molecule has 1 aliphatic heterocycles. The fraction of sp³-hybridized carbons (Fsp3) is 0.348. The van der Waals surface area contributed by atoms with E-state index in [1.165, 1.54) is 23.1 Å². The van der Waals surface area contributed by atoms with Crippen molar-refractivity contribution in [3.05, 3.63) is 47.5 Å². The summed E-state index contributed by atoms with van der Waals surface area (Å²) in [5.74, 6) is -3.56. The number of amides is 4. The highest BCUT2D eigenvalue weighted by atomic mass is 32.2. The Hall–Kier alpha value is -3.81. The summed E-state index contributed by atoms with van der Waals surface area (Å²) >= 11 is 0. The average molecular weight is 543 g/mol. The third-order valence-corrected chi connectivity index (χ3v) is 6.54. The van der Waals surface area contributed by atoms with E-state index < -0.39 is 45.2 Å². The van der Waals surface area contributed by atoms with Gasteiger partial charge in [-0.05, 0) is 41.8 Å². The molecule has 1 fully saturated rings. The van der Waals surface area contributed by atoms with Crippen LogP contribution in [-0.2, 0) is 20.2 Å². The van der Waals surface area contributed by atoms with E-state index in [9.17, 15) is 41.1 Å². The number of urea groups is 1. The topological polar surface area (TPSA) is 145 Å². The van der Waals surface area contributed by atoms with Crippen molar-refractivity contribution >= 4 is 44.9 Å². The van der Waals surface area contributed by atoms with Gasteiger partial charge in [-0.15, -0.1) is 0 Å². The summed E-state index contributed by atoms with van der Waals surface area (Å²) in [6.07, 6.45) is -4.86. The molecule has 0 saturated carbocycles. The maximum absolute atomic E-state index is 13.1. The zero-order valence-corrected chi connectivity index (χ0v) is 20.9. The van der Waals surface area contributed by atoms with Crippen LogP contribution < -0.4 is 20.3 Å². The number of benzene rings is 2. The van der Waals surface area contributed by atoms with E-state index in [4.69, 9.17) is 0 Å². The van der Waals surface area contributed by atoms with Crippen LogP contribution in [0.5, 0.6) is 5.75 Å². The zero-order chi connectivity index (χ0) is 27.8. The second-order valence-corrected chi connectivity index (χ2v) is 11.1. The van der Waals surface area contributed by atoms with E-state index in [-0.39, 0.29) is 41.3 Å². The standard InChI is InChI=1S/C23H25F3N4O6S/c1-22(2,3)17-11-15(30-9-8-18(31)28-21(30)34)10-16(19(17)32)20(33)27-13-4-6-14(7-5-13)29-37(35,36)12-23(24,25)26/h4-7,10-11,29,32H,8-9,12H2,1-3H3,(H,27,33)(H,28,31,34). The van der Waals surface area contributed by atoms with Crippen molar-refractivity contribution in [2.45, 2.75) is 38.8 Å². The van der Waals surface area contributed by atoms with Crippen LogP contribution in [0.25, 0.3) is 0 Å². The largest absolute Gasteiger partial charge is 0.507 e. The second kappa shape index (κ2) is 9.92. The van der Waals surface area contributed by atoms with Crippen molar-refractivity contribution in [2.75, 3.05) is 27.2 Å². The first-order valence-electron chi connectivity index (χ1n) is 10.9. The van der Waals surface area contributed by atoms with E-state index in [0.717, 1.165) is 12.1 Å². The summed E-state index contributed by atoms with van der Waals surface area (Å²) in [5.41, 5.74) is -0.129. The molecule has 0 bridgehead atoms. The molecule has 200 valence electrons. The fourth-order valence-corrected chi connectivity index (χ4v) is 4.58. The lowest BCUT2D eigenvalue weighted by atomic mass is 9.84. The lowest BCUT2D eigenvalue weighted by Crippen LogP contribution is -2.49. The molecule has 1 aliphatic rings. The van der Waals surface area contributed by atoms with Gasteiger partial charge in [0.1, 0.15) is 5.75 Å². The molecule has 0 spiro atoms. The molecule has 37 heavy (non-hydrogen) atoms. The number of halogens is 3. The number of hydrogen-bond donors (Lipinski definition) is 4. The maximum Gasteiger partial charge on any atom is 0.404 e. The number of carbonyl (C=O) groups is 3. The van der Waals surface area contributed by atoms with Crippen molar-refractivity contribution in [1.82, 2.24) is 5.32 Å². The quantitative estimate of drug-likeness (QED) is 0.438. The molecule has 4 amide bonds. The van der Waals surface area contributed by atoms with Gasteiger partial charge in [0.05, 0.1) is 5.56 Å². The zero-order valence-electron chi connectivity index (χ0n) is 20.1. The number of anilines is 3. The Morgan fingerprint density at radius 3 is 2.22 bits per heavy atom. The van der Waals surface area contributed by atoms with Gasteiger partial charge in [-0.1, -0.05) is 20.8 Å². The van der Waals surface area contributed by atoms with E-state index in [1.54, 1.807) is 31.6 Å². The maximum atomic E-state index is 13.1. The molecule has 0 radical (unpaired) electrons. The smallest absolute Gasteiger partial charge is 0.404 e. The summed E-state index contributed by atoms with van der Waals surface area (Å²) in [6.45, 7) is 5.47. The number of aromatic hydroxyl groups is 1. The van der Waals surface area contributed by atoms with Gasteiger partial charge in [0.2, 0.25) is 15.9 Å². The Labute approximate surface area is 210 Å². The molecule has 14 heteroatoms. The van der Waals surface area contributed by atoms with Crippen molar-refractivity contribution < 1.29 is 41.1 Å². The lowest BCUT2D eigenvalue weighted by Gasteiger charge is -2.29. The first-order chi connectivity index (χ1) is 16.9. The number of hydrogen-bond acceptors (Lipinski definition) is 6. The molecule has 1 saturated heterocycles. The number of nitrogens with one attached hydrogen (secondary N) is 3. The molecule has 2 aromatic rings. The van der Waals surface area contributed by atoms with Gasteiger partial charge in [-0.2, -0.15) is 13.2 Å². The molecule has 0 aliphatic carbocycles. The van der Waals surface area contributed by atoms with Crippen LogP contribution in [0.15, 0.2) is 36.4 Å². The Bertz CT molecular complexity index is 1340. The highest BCUT2D eigenvalue weighted by Crippen LogP contribution is 2.38. The van der Waals surface area contributed by atoms with E-state index in [1.807, 2.05) is 0 Å². The molecule has 10 nitrogen and oxygen atoms in total. The number of alkyl halides is 3. The molecule has 4 N–H and O–H groups in total. The Morgan fingerprint density at radius 2 is 1.68 bits per heavy atom. The summed E-state index contributed by atoms with van der Waals surface area (Å²) < 4.78 is 62.3. The molecule has 0 unspecified atom stereocenters. The molecule has 0 atom stereocenters. The number of rotatable bonds is 6. The number of nitrogens with zero attached hydrogens (tertiary/aromatic N) is 1. The van der Waals surface area contributed by atoms with Crippen molar-refractivity contribution in [3.8, 4) is 5.75 Å². The predicted molar refractivity (Wildman–Crippen MR) is 130 cm³/mol. The third-order valence-electron chi connectivity index (χ3n) is 5.28. The van der Waals surface area contributed by atoms with Gasteiger partial charge >= 0.3 is 12.2 Å². The molecule has 1 heterocycles. The fourth-order valence-electron chi connectivity index (χ4n) is 3.58. The monoisotopic (exact) mass is 542 g/mol. The van der Waals surface area contributed by atoms with Gasteiger partial charge in [0.15, 0.2) is 5.75 Å². The summed E-state index contributed by atoms with van der Waals surface area (Å²) in [6, 6.07) is 7.04. The van der Waals surface area contributed by atoms with Crippen LogP contribution in [0, 0.1) is 0 Å². The minimum absolute atomic E-state index is 0.0536. The summed E-state index contributed by atoms with van der Waals surface area (Å²) in [7, 11) is -4.67. The first kappa shape index (κ1) is 27.8. The molecule has 0 aromatic heterocycles. The van der Waals surface area contributed by atoms with Crippen molar-refractivity contribution in [3.63, 3.8) is 0 Å². The van der Waals surface area contributed by atoms with Gasteiger partial charge < -0.3 is 10.4 Å². The highest BCUT2D eigenvalue weighted by Gasteiger charge is 2.35. The number of sulfonamides is 1. The lowest BCUT2D eigenvalue weighted by molar-refractivity contribution is -0.120. The Morgan fingerprint density at radius 1 is 1.08 bits per heavy atom. The van der Waals surface area contributed by atoms with Gasteiger partial charge in [0, 0.05) is 35.6 Å². The first-order valence-corrected chi connectivity index (χ1v) is 12.6. The van der Waals surface area contributed by atoms with Crippen LogP contribution in [0.2, 0.25) is 0 Å². The van der Waals surface area contributed by atoms with E-state index in [2.05, 4.69) is 10.6 Å². The van der Waals surface area contributed by atoms with Crippen LogP contribution in [-0.4, -0.2) is 49.8 Å². The highest BCUT2D eigenvalue weighted by molar-refractivity contribution is 7.92. The Balaban J connectivity index is 1.87. The van der Waals surface area contributed by atoms with Crippen LogP contribution >= 0.6 is 0 Å². The van der Waals surface area contributed by atoms with Crippen LogP contribution in [0.1, 0.15) is 43.1 Å². The number of phenolic OH excluding ortho intramolecular Hbond substituents is 1. The van der Waals surface area contributed by atoms with Crippen molar-refractivity contribution in [2.24, 2.45) is 0 Å². The van der Waals surface area contributed by atoms with Crippen LogP contribution in [0.3, 0.4) is 0 Å². The minimum Gasteiger partial charge on any atom is -0.507 e. The predicted octanol–water partition coefficient (Wildman–Crippen LogP) is 3.69. The number of imide groups is 1. The second-order valence-electron chi connectivity index (χ2n) is 9.40. The average Bonchev–Trinajstić information content (AvgIpc) is 2.72. The normalized spacial score (nSPS) is 14.8. The van der Waals surface area contributed by atoms with E-state index in [0.29, 0.717) is 5.56 Å². The molecular formula is C23H25F3N4O6S. The molecule has 2 aromatic carbocycles. The van der Waals surface area contributed by atoms with Gasteiger partial charge in [-0.25, -0.2) is 13.2 Å². The van der Waals surface area contributed by atoms with Crippen molar-refractivity contribution in [1.29, 1.82) is 0 Å². The molecular weight excluding hydrogens is 517 g/mol. The SMILES string of the molecule is CC(C)(C)c1cc(N2CCC(=O)NC2=O)cc(C(=O)Nc2ccc(NS(=O)(=O)CC(F)(F)F)cc2)c1O. The summed E-state index contributed by atoms with van der Waals surface area (Å²) in [4.78, 5) is 38.2. The number of carbonyl (C=O) groups excluding carboxylic acids is 3. The number of phenols is 1. The van der Waals surface area contributed by atoms with E-state index >= 15 is 0 Å². The minimum atomic E-state index is -4.91. The molecule has 3 rings (SSSR count). The van der Waals surface area contributed by atoms with Gasteiger partial charge in [0.25, 0.3) is 5.91 Å². The summed E-state index contributed by atoms with van der Waals surface area (Å²) in [5, 5.41) is 15.6. The Kier molecular flexibility index (Phi) is 7.44. The van der Waals surface area contributed by atoms with Gasteiger partial charge in [-0.3, -0.25) is 24.5 Å².